The van der Waals surface area contributed by atoms with Gasteiger partial charge in [-0.25, -0.2) is 4.90 Å². The Balaban J connectivity index is 1.76. The summed E-state index contributed by atoms with van der Waals surface area (Å²) in [4.78, 5) is 30.4. The lowest BCUT2D eigenvalue weighted by Crippen LogP contribution is -2.47. The number of ether oxygens (including phenoxy) is 2. The molecule has 7 nitrogen and oxygen atoms in total. The van der Waals surface area contributed by atoms with Crippen molar-refractivity contribution >= 4 is 23.1 Å². The second kappa shape index (κ2) is 9.47. The van der Waals surface area contributed by atoms with E-state index in [-0.39, 0.29) is 24.0 Å². The lowest BCUT2D eigenvalue weighted by molar-refractivity contribution is -0.121. The zero-order valence-electron chi connectivity index (χ0n) is 19.1. The Kier molecular flexibility index (Phi) is 6.47. The maximum absolute atomic E-state index is 13.7. The molecule has 2 heterocycles. The number of amides is 2. The quantitative estimate of drug-likeness (QED) is 0.630. The molecule has 33 heavy (non-hydrogen) atoms. The van der Waals surface area contributed by atoms with Gasteiger partial charge in [0.05, 0.1) is 41.7 Å². The van der Waals surface area contributed by atoms with Crippen LogP contribution in [0.5, 0.6) is 5.75 Å². The van der Waals surface area contributed by atoms with E-state index in [1.807, 2.05) is 49.9 Å². The summed E-state index contributed by atoms with van der Waals surface area (Å²) in [6, 6.07) is 15.8. The molecule has 1 saturated heterocycles. The first-order valence-corrected chi connectivity index (χ1v) is 11.2. The predicted octanol–water partition coefficient (Wildman–Crippen LogP) is 3.74. The van der Waals surface area contributed by atoms with Gasteiger partial charge in [0.15, 0.2) is 0 Å². The normalized spacial score (nSPS) is 20.9. The molecule has 170 valence electrons. The number of anilines is 1. The Bertz CT molecular complexity index is 1110. The topological polar surface area (TPSA) is 82.9 Å². The molecule has 0 bridgehead atoms. The van der Waals surface area contributed by atoms with Gasteiger partial charge in [-0.05, 0) is 62.2 Å². The molecule has 2 atom stereocenters. The van der Waals surface area contributed by atoms with Crippen LogP contribution in [0.15, 0.2) is 54.2 Å². The molecule has 2 amide bonds. The molecular formula is C26H27N3O4. The number of morpholine rings is 1. The summed E-state index contributed by atoms with van der Waals surface area (Å²) in [6.45, 7) is 7.60. The number of hydrogen-bond acceptors (Lipinski definition) is 6. The van der Waals surface area contributed by atoms with Crippen LogP contribution in [0.2, 0.25) is 0 Å². The van der Waals surface area contributed by atoms with Crippen LogP contribution in [0.3, 0.4) is 0 Å². The van der Waals surface area contributed by atoms with E-state index in [0.717, 1.165) is 12.2 Å². The highest BCUT2D eigenvalue weighted by molar-refractivity contribution is 6.45. The molecular weight excluding hydrogens is 418 g/mol. The van der Waals surface area contributed by atoms with Gasteiger partial charge >= 0.3 is 0 Å². The minimum absolute atomic E-state index is 0.0702. The Labute approximate surface area is 193 Å². The van der Waals surface area contributed by atoms with Gasteiger partial charge in [-0.1, -0.05) is 19.1 Å². The van der Waals surface area contributed by atoms with E-state index in [1.165, 1.54) is 4.90 Å². The van der Waals surface area contributed by atoms with Crippen molar-refractivity contribution in [3.63, 3.8) is 0 Å². The Morgan fingerprint density at radius 1 is 1.00 bits per heavy atom. The van der Waals surface area contributed by atoms with E-state index in [4.69, 9.17) is 14.7 Å². The van der Waals surface area contributed by atoms with Crippen LogP contribution in [0.4, 0.5) is 5.69 Å². The van der Waals surface area contributed by atoms with Gasteiger partial charge in [-0.2, -0.15) is 5.26 Å². The minimum Gasteiger partial charge on any atom is -0.494 e. The van der Waals surface area contributed by atoms with Crippen molar-refractivity contribution in [1.29, 1.82) is 5.26 Å². The number of hydrogen-bond donors (Lipinski definition) is 0. The summed E-state index contributed by atoms with van der Waals surface area (Å²) in [6.07, 6.45) is 0.759. The molecule has 0 N–H and O–H groups in total. The maximum atomic E-state index is 13.7. The van der Waals surface area contributed by atoms with Crippen LogP contribution in [0.25, 0.3) is 5.57 Å². The fourth-order valence-corrected chi connectivity index (χ4v) is 4.29. The summed E-state index contributed by atoms with van der Waals surface area (Å²) in [5.74, 6) is -0.0295. The van der Waals surface area contributed by atoms with Gasteiger partial charge in [0, 0.05) is 13.1 Å². The van der Waals surface area contributed by atoms with Gasteiger partial charge < -0.3 is 14.4 Å². The van der Waals surface area contributed by atoms with Crippen molar-refractivity contribution in [3.05, 3.63) is 65.4 Å². The summed E-state index contributed by atoms with van der Waals surface area (Å²) >= 11 is 0. The van der Waals surface area contributed by atoms with Crippen molar-refractivity contribution in [2.75, 3.05) is 24.6 Å². The Hall–Kier alpha value is -3.63. The second-order valence-electron chi connectivity index (χ2n) is 8.36. The number of imide groups is 1. The Morgan fingerprint density at radius 2 is 1.64 bits per heavy atom. The summed E-state index contributed by atoms with van der Waals surface area (Å²) in [5, 5.41) is 9.09. The van der Waals surface area contributed by atoms with Crippen LogP contribution in [-0.4, -0.2) is 48.6 Å². The lowest BCUT2D eigenvalue weighted by Gasteiger charge is -2.37. The van der Waals surface area contributed by atoms with E-state index < -0.39 is 0 Å². The zero-order chi connectivity index (χ0) is 23.5. The molecule has 2 aliphatic heterocycles. The van der Waals surface area contributed by atoms with E-state index in [2.05, 4.69) is 6.07 Å². The second-order valence-corrected chi connectivity index (χ2v) is 8.36. The largest absolute Gasteiger partial charge is 0.494 e. The molecule has 0 radical (unpaired) electrons. The predicted molar refractivity (Wildman–Crippen MR) is 124 cm³/mol. The molecule has 0 aliphatic carbocycles. The van der Waals surface area contributed by atoms with Crippen LogP contribution >= 0.6 is 0 Å². The van der Waals surface area contributed by atoms with Gasteiger partial charge in [-0.3, -0.25) is 9.59 Å². The molecule has 2 aromatic rings. The molecule has 0 spiro atoms. The van der Waals surface area contributed by atoms with Gasteiger partial charge in [0.25, 0.3) is 11.8 Å². The third-order valence-electron chi connectivity index (χ3n) is 5.67. The van der Waals surface area contributed by atoms with Crippen LogP contribution in [0, 0.1) is 11.3 Å². The fraction of sp³-hybridized carbons (Fsp3) is 0.346. The van der Waals surface area contributed by atoms with Crippen molar-refractivity contribution in [1.82, 2.24) is 4.90 Å². The third kappa shape index (κ3) is 4.48. The van der Waals surface area contributed by atoms with Gasteiger partial charge in [0.1, 0.15) is 11.4 Å². The van der Waals surface area contributed by atoms with Crippen molar-refractivity contribution in [2.24, 2.45) is 0 Å². The first-order chi connectivity index (χ1) is 15.9. The third-order valence-corrected chi connectivity index (χ3v) is 5.67. The van der Waals surface area contributed by atoms with Crippen molar-refractivity contribution in [3.8, 4) is 11.8 Å². The number of carbonyl (C=O) groups is 2. The smallest absolute Gasteiger partial charge is 0.282 e. The minimum atomic E-state index is -0.381. The molecule has 4 rings (SSSR count). The highest BCUT2D eigenvalue weighted by atomic mass is 16.5. The highest BCUT2D eigenvalue weighted by Crippen LogP contribution is 2.36. The zero-order valence-corrected chi connectivity index (χ0v) is 19.1. The van der Waals surface area contributed by atoms with Crippen molar-refractivity contribution < 1.29 is 19.1 Å². The summed E-state index contributed by atoms with van der Waals surface area (Å²) in [7, 11) is 0. The number of nitrogens with zero attached hydrogens (tertiary/aromatic N) is 3. The van der Waals surface area contributed by atoms with Gasteiger partial charge in [-0.15, -0.1) is 0 Å². The molecule has 2 unspecified atom stereocenters. The van der Waals surface area contributed by atoms with Crippen LogP contribution in [0.1, 0.15) is 38.3 Å². The number of nitriles is 1. The fourth-order valence-electron chi connectivity index (χ4n) is 4.29. The van der Waals surface area contributed by atoms with E-state index >= 15 is 0 Å². The molecule has 2 aliphatic rings. The van der Waals surface area contributed by atoms with Gasteiger partial charge in [0.2, 0.25) is 0 Å². The maximum Gasteiger partial charge on any atom is 0.282 e. The average molecular weight is 446 g/mol. The molecule has 2 aromatic carbocycles. The van der Waals surface area contributed by atoms with Crippen LogP contribution in [-0.2, 0) is 14.3 Å². The number of rotatable bonds is 6. The molecule has 7 heteroatoms. The number of benzene rings is 2. The van der Waals surface area contributed by atoms with E-state index in [0.29, 0.717) is 47.8 Å². The summed E-state index contributed by atoms with van der Waals surface area (Å²) < 4.78 is 11.5. The Morgan fingerprint density at radius 3 is 2.21 bits per heavy atom. The van der Waals surface area contributed by atoms with Crippen molar-refractivity contribution in [2.45, 2.75) is 39.4 Å². The first-order valence-electron chi connectivity index (χ1n) is 11.2. The number of carbonyl (C=O) groups excluding carboxylic acids is 2. The molecule has 0 aromatic heterocycles. The SMILES string of the molecule is CCCOc1ccc(C2=C(N3CC(C)OC(C)C3)C(=O)N(c3ccc(C#N)cc3)C2=O)cc1. The monoisotopic (exact) mass is 445 g/mol. The first kappa shape index (κ1) is 22.6. The summed E-state index contributed by atoms with van der Waals surface area (Å²) in [5.41, 5.74) is 2.31. The standard InChI is InChI=1S/C26H27N3O4/c1-4-13-32-22-11-7-20(8-12-22)23-24(28-15-17(2)33-18(3)16-28)26(31)29(25(23)30)21-9-5-19(14-27)6-10-21/h5-12,17-18H,4,13,15-16H2,1-3H3. The average Bonchev–Trinajstić information content (AvgIpc) is 3.07. The lowest BCUT2D eigenvalue weighted by atomic mass is 10.0. The molecule has 0 saturated carbocycles. The van der Waals surface area contributed by atoms with Crippen LogP contribution < -0.4 is 9.64 Å². The van der Waals surface area contributed by atoms with E-state index in [9.17, 15) is 9.59 Å². The molecule has 1 fully saturated rings. The van der Waals surface area contributed by atoms with E-state index in [1.54, 1.807) is 24.3 Å². The highest BCUT2D eigenvalue weighted by Gasteiger charge is 2.43.